The molecule has 2 heterocycles. The molecule has 2 aromatic heterocycles. The standard InChI is InChI=1S/C13H20N6/c1-3-4-16-12-7-15-8-13(18-12)17-11(2)9-19-6-5-14-10-19/h5-8,10-11H,3-4,9H2,1-2H3,(H2,16,17,18). The molecule has 6 heteroatoms. The summed E-state index contributed by atoms with van der Waals surface area (Å²) in [5.74, 6) is 1.59. The van der Waals surface area contributed by atoms with Gasteiger partial charge in [-0.1, -0.05) is 6.92 Å². The molecule has 0 saturated heterocycles. The van der Waals surface area contributed by atoms with Gasteiger partial charge in [0.2, 0.25) is 0 Å². The quantitative estimate of drug-likeness (QED) is 0.797. The van der Waals surface area contributed by atoms with Crippen molar-refractivity contribution in [3.8, 4) is 0 Å². The second kappa shape index (κ2) is 6.72. The lowest BCUT2D eigenvalue weighted by atomic mass is 10.3. The highest BCUT2D eigenvalue weighted by Crippen LogP contribution is 2.08. The van der Waals surface area contributed by atoms with Crippen LogP contribution in [0.2, 0.25) is 0 Å². The fourth-order valence-corrected chi connectivity index (χ4v) is 1.78. The zero-order valence-electron chi connectivity index (χ0n) is 11.4. The summed E-state index contributed by atoms with van der Waals surface area (Å²) in [5.41, 5.74) is 0. The number of anilines is 2. The Bertz CT molecular complexity index is 482. The Hall–Kier alpha value is -2.11. The minimum Gasteiger partial charge on any atom is -0.369 e. The molecule has 0 aliphatic heterocycles. The molecule has 1 unspecified atom stereocenters. The van der Waals surface area contributed by atoms with E-state index in [4.69, 9.17) is 0 Å². The van der Waals surface area contributed by atoms with E-state index < -0.39 is 0 Å². The van der Waals surface area contributed by atoms with Crippen molar-refractivity contribution in [3.63, 3.8) is 0 Å². The molecule has 0 amide bonds. The first-order valence-electron chi connectivity index (χ1n) is 6.56. The van der Waals surface area contributed by atoms with Crippen LogP contribution in [0, 0.1) is 0 Å². The Morgan fingerprint density at radius 1 is 1.26 bits per heavy atom. The van der Waals surface area contributed by atoms with Gasteiger partial charge in [0.25, 0.3) is 0 Å². The van der Waals surface area contributed by atoms with Crippen LogP contribution >= 0.6 is 0 Å². The minimum absolute atomic E-state index is 0.255. The fraction of sp³-hybridized carbons (Fsp3) is 0.462. The fourth-order valence-electron chi connectivity index (χ4n) is 1.78. The summed E-state index contributed by atoms with van der Waals surface area (Å²) in [6.45, 7) is 5.97. The van der Waals surface area contributed by atoms with Crippen molar-refractivity contribution in [2.75, 3.05) is 17.2 Å². The van der Waals surface area contributed by atoms with Crippen molar-refractivity contribution in [3.05, 3.63) is 31.1 Å². The molecule has 0 saturated carbocycles. The molecule has 2 rings (SSSR count). The van der Waals surface area contributed by atoms with E-state index in [1.807, 2.05) is 17.1 Å². The molecule has 0 fully saturated rings. The summed E-state index contributed by atoms with van der Waals surface area (Å²) in [6.07, 6.45) is 10.1. The number of rotatable bonds is 7. The van der Waals surface area contributed by atoms with E-state index in [0.29, 0.717) is 0 Å². The zero-order chi connectivity index (χ0) is 13.5. The van der Waals surface area contributed by atoms with Gasteiger partial charge in [-0.2, -0.15) is 0 Å². The van der Waals surface area contributed by atoms with Gasteiger partial charge >= 0.3 is 0 Å². The first-order chi connectivity index (χ1) is 9.28. The van der Waals surface area contributed by atoms with E-state index in [1.54, 1.807) is 18.6 Å². The summed E-state index contributed by atoms with van der Waals surface area (Å²) < 4.78 is 2.03. The maximum Gasteiger partial charge on any atom is 0.147 e. The van der Waals surface area contributed by atoms with Crippen LogP contribution in [-0.2, 0) is 6.54 Å². The molecule has 102 valence electrons. The molecule has 0 radical (unpaired) electrons. The van der Waals surface area contributed by atoms with Crippen molar-refractivity contribution in [1.29, 1.82) is 0 Å². The van der Waals surface area contributed by atoms with Gasteiger partial charge in [-0.05, 0) is 13.3 Å². The SMILES string of the molecule is CCCNc1cncc(NC(C)Cn2ccnc2)n1. The lowest BCUT2D eigenvalue weighted by Crippen LogP contribution is -2.22. The maximum absolute atomic E-state index is 4.47. The Morgan fingerprint density at radius 2 is 2.11 bits per heavy atom. The van der Waals surface area contributed by atoms with E-state index >= 15 is 0 Å². The normalized spacial score (nSPS) is 12.1. The molecule has 0 aliphatic carbocycles. The number of nitrogens with zero attached hydrogens (tertiary/aromatic N) is 4. The van der Waals surface area contributed by atoms with Gasteiger partial charge in [0.05, 0.1) is 18.7 Å². The van der Waals surface area contributed by atoms with E-state index in [2.05, 4.69) is 39.4 Å². The third-order valence-corrected chi connectivity index (χ3v) is 2.63. The van der Waals surface area contributed by atoms with Gasteiger partial charge in [0.1, 0.15) is 11.6 Å². The van der Waals surface area contributed by atoms with Crippen molar-refractivity contribution in [2.24, 2.45) is 0 Å². The van der Waals surface area contributed by atoms with Gasteiger partial charge in [0, 0.05) is 31.5 Å². The Balaban J connectivity index is 1.90. The summed E-state index contributed by atoms with van der Waals surface area (Å²) in [7, 11) is 0. The average molecular weight is 260 g/mol. The minimum atomic E-state index is 0.255. The van der Waals surface area contributed by atoms with Crippen molar-refractivity contribution in [1.82, 2.24) is 19.5 Å². The number of imidazole rings is 1. The third kappa shape index (κ3) is 4.24. The lowest BCUT2D eigenvalue weighted by molar-refractivity contribution is 0.617. The number of hydrogen-bond acceptors (Lipinski definition) is 5. The van der Waals surface area contributed by atoms with Crippen LogP contribution in [0.5, 0.6) is 0 Å². The molecule has 19 heavy (non-hydrogen) atoms. The monoisotopic (exact) mass is 260 g/mol. The smallest absolute Gasteiger partial charge is 0.147 e. The van der Waals surface area contributed by atoms with Gasteiger partial charge in [-0.3, -0.25) is 4.98 Å². The van der Waals surface area contributed by atoms with E-state index in [1.165, 1.54) is 0 Å². The van der Waals surface area contributed by atoms with Crippen LogP contribution in [-0.4, -0.2) is 32.1 Å². The Kier molecular flexibility index (Phi) is 4.72. The third-order valence-electron chi connectivity index (χ3n) is 2.63. The van der Waals surface area contributed by atoms with Crippen molar-refractivity contribution in [2.45, 2.75) is 32.9 Å². The second-order valence-electron chi connectivity index (χ2n) is 4.52. The van der Waals surface area contributed by atoms with Crippen LogP contribution in [0.3, 0.4) is 0 Å². The van der Waals surface area contributed by atoms with Crippen molar-refractivity contribution < 1.29 is 0 Å². The van der Waals surface area contributed by atoms with Crippen LogP contribution < -0.4 is 10.6 Å². The van der Waals surface area contributed by atoms with E-state index in [9.17, 15) is 0 Å². The van der Waals surface area contributed by atoms with E-state index in [0.717, 1.165) is 31.1 Å². The molecule has 0 bridgehead atoms. The molecule has 0 aliphatic rings. The van der Waals surface area contributed by atoms with Crippen LogP contribution in [0.1, 0.15) is 20.3 Å². The second-order valence-corrected chi connectivity index (χ2v) is 4.52. The number of hydrogen-bond donors (Lipinski definition) is 2. The van der Waals surface area contributed by atoms with Gasteiger partial charge in [-0.15, -0.1) is 0 Å². The van der Waals surface area contributed by atoms with Gasteiger partial charge < -0.3 is 15.2 Å². The van der Waals surface area contributed by atoms with Crippen LogP contribution in [0.25, 0.3) is 0 Å². The van der Waals surface area contributed by atoms with Crippen molar-refractivity contribution >= 4 is 11.6 Å². The van der Waals surface area contributed by atoms with Crippen LogP contribution in [0.15, 0.2) is 31.1 Å². The molecule has 6 nitrogen and oxygen atoms in total. The zero-order valence-corrected chi connectivity index (χ0v) is 11.4. The summed E-state index contributed by atoms with van der Waals surface area (Å²) >= 11 is 0. The highest BCUT2D eigenvalue weighted by Gasteiger charge is 2.05. The molecule has 0 aromatic carbocycles. The Morgan fingerprint density at radius 3 is 2.84 bits per heavy atom. The first kappa shape index (κ1) is 13.3. The van der Waals surface area contributed by atoms with Crippen LogP contribution in [0.4, 0.5) is 11.6 Å². The summed E-state index contributed by atoms with van der Waals surface area (Å²) in [6, 6.07) is 0.255. The molecule has 2 aromatic rings. The largest absolute Gasteiger partial charge is 0.369 e. The highest BCUT2D eigenvalue weighted by molar-refractivity contribution is 5.41. The maximum atomic E-state index is 4.47. The lowest BCUT2D eigenvalue weighted by Gasteiger charge is -2.15. The Labute approximate surface area is 113 Å². The number of nitrogens with one attached hydrogen (secondary N) is 2. The molecular weight excluding hydrogens is 240 g/mol. The average Bonchev–Trinajstić information content (AvgIpc) is 2.89. The highest BCUT2D eigenvalue weighted by atomic mass is 15.1. The molecule has 1 atom stereocenters. The van der Waals surface area contributed by atoms with E-state index in [-0.39, 0.29) is 6.04 Å². The molecule has 2 N–H and O–H groups in total. The molecule has 0 spiro atoms. The van der Waals surface area contributed by atoms with Gasteiger partial charge in [-0.25, -0.2) is 9.97 Å². The topological polar surface area (TPSA) is 67.7 Å². The predicted molar refractivity (Wildman–Crippen MR) is 76.1 cm³/mol. The predicted octanol–water partition coefficient (Wildman–Crippen LogP) is 2.00. The molecular formula is C13H20N6. The summed E-state index contributed by atoms with van der Waals surface area (Å²) in [4.78, 5) is 12.7. The number of aromatic nitrogens is 4. The van der Waals surface area contributed by atoms with Gasteiger partial charge in [0.15, 0.2) is 0 Å². The summed E-state index contributed by atoms with van der Waals surface area (Å²) in [5, 5.41) is 6.56. The first-order valence-corrected chi connectivity index (χ1v) is 6.56.